The van der Waals surface area contributed by atoms with E-state index in [-0.39, 0.29) is 18.4 Å². The molecule has 26 heavy (non-hydrogen) atoms. The Morgan fingerprint density at radius 1 is 1.27 bits per heavy atom. The summed E-state index contributed by atoms with van der Waals surface area (Å²) in [5.41, 5.74) is 5.02. The smallest absolute Gasteiger partial charge is 0.339 e. The molecule has 1 rings (SSSR count). The Balaban J connectivity index is 0.000000481. The average molecular weight is 386 g/mol. The molecule has 0 radical (unpaired) electrons. The number of aromatic carboxylic acids is 1. The summed E-state index contributed by atoms with van der Waals surface area (Å²) in [6.07, 6.45) is 1.89. The number of aliphatic carboxylic acids is 1. The minimum atomic E-state index is -1.17. The monoisotopic (exact) mass is 386 g/mol. The van der Waals surface area contributed by atoms with E-state index in [2.05, 4.69) is 5.32 Å². The van der Waals surface area contributed by atoms with Crippen LogP contribution in [0.25, 0.3) is 0 Å². The highest BCUT2D eigenvalue weighted by Gasteiger charge is 2.18. The number of nitrogens with one attached hydrogen (secondary N) is 1. The molecule has 0 spiro atoms. The third-order valence-corrected chi connectivity index (χ3v) is 3.72. The van der Waals surface area contributed by atoms with E-state index in [1.807, 2.05) is 6.26 Å². The van der Waals surface area contributed by atoms with Gasteiger partial charge in [-0.15, -0.1) is 11.8 Å². The lowest BCUT2D eigenvalue weighted by molar-refractivity contribution is -0.141. The van der Waals surface area contributed by atoms with Crippen molar-refractivity contribution >= 4 is 35.5 Å². The molecule has 0 saturated heterocycles. The Morgan fingerprint density at radius 3 is 2.27 bits per heavy atom. The third-order valence-electron chi connectivity index (χ3n) is 2.99. The van der Waals surface area contributed by atoms with Crippen LogP contribution >= 0.6 is 11.8 Å². The van der Waals surface area contributed by atoms with Crippen LogP contribution in [0.2, 0.25) is 0 Å². The van der Waals surface area contributed by atoms with Gasteiger partial charge in [-0.3, -0.25) is 9.59 Å². The number of carbonyl (C=O) groups is 4. The van der Waals surface area contributed by atoms with E-state index >= 15 is 0 Å². The van der Waals surface area contributed by atoms with Gasteiger partial charge in [0.1, 0.15) is 17.4 Å². The van der Waals surface area contributed by atoms with Crippen LogP contribution in [0.5, 0.6) is 5.75 Å². The third kappa shape index (κ3) is 8.92. The van der Waals surface area contributed by atoms with Crippen LogP contribution in [0.1, 0.15) is 30.1 Å². The van der Waals surface area contributed by atoms with Crippen molar-refractivity contribution in [2.45, 2.75) is 30.7 Å². The number of methoxy groups -OCH3 is 1. The molecule has 0 aliphatic rings. The van der Waals surface area contributed by atoms with E-state index in [0.29, 0.717) is 5.75 Å². The number of amides is 2. The number of carboxylic acids is 2. The summed E-state index contributed by atoms with van der Waals surface area (Å²) in [6, 6.07) is 3.99. The minimum Gasteiger partial charge on any atom is -0.496 e. The first-order chi connectivity index (χ1) is 12.1. The van der Waals surface area contributed by atoms with Crippen molar-refractivity contribution in [3.05, 3.63) is 23.8 Å². The zero-order chi connectivity index (χ0) is 20.3. The van der Waals surface area contributed by atoms with Gasteiger partial charge in [-0.25, -0.2) is 9.59 Å². The second-order valence-corrected chi connectivity index (χ2v) is 5.85. The number of thioether (sulfide) groups is 1. The molecule has 2 amide bonds. The van der Waals surface area contributed by atoms with E-state index in [1.54, 1.807) is 30.0 Å². The SMILES string of the molecule is CC(=O)N[C@@H](CCC(N)=O)C(=O)O.COc1cc(SC)ccc1C(=O)O. The van der Waals surface area contributed by atoms with Crippen LogP contribution in [-0.2, 0) is 14.4 Å². The summed E-state index contributed by atoms with van der Waals surface area (Å²) < 4.78 is 4.95. The number of hydrogen-bond acceptors (Lipinski definition) is 6. The topological polar surface area (TPSA) is 156 Å². The molecular formula is C16H22N2O7S. The summed E-state index contributed by atoms with van der Waals surface area (Å²) in [5.74, 6) is -2.77. The van der Waals surface area contributed by atoms with E-state index in [1.165, 1.54) is 14.0 Å². The fourth-order valence-electron chi connectivity index (χ4n) is 1.76. The number of rotatable bonds is 8. The molecule has 10 heteroatoms. The Morgan fingerprint density at radius 2 is 1.88 bits per heavy atom. The first-order valence-electron chi connectivity index (χ1n) is 7.35. The predicted molar refractivity (Wildman–Crippen MR) is 95.4 cm³/mol. The van der Waals surface area contributed by atoms with E-state index in [4.69, 9.17) is 20.7 Å². The summed E-state index contributed by atoms with van der Waals surface area (Å²) in [7, 11) is 1.46. The number of carboxylic acid groups (broad SMARTS) is 2. The standard InChI is InChI=1S/C9H10O3S.C7H12N2O4/c1-12-8-5-6(13-2)3-4-7(8)9(10)11;1-4(10)9-5(7(12)13)2-3-6(8)11/h3-5H,1-2H3,(H,10,11);5H,2-3H2,1H3,(H2,8,11)(H,9,10)(H,12,13)/t;5-/m.0/s1. The molecule has 0 saturated carbocycles. The summed E-state index contributed by atoms with van der Waals surface area (Å²) in [5, 5.41) is 19.5. The van der Waals surface area contributed by atoms with Gasteiger partial charge in [-0.2, -0.15) is 0 Å². The molecule has 0 fully saturated rings. The van der Waals surface area contributed by atoms with Crippen LogP contribution in [0.3, 0.4) is 0 Å². The van der Waals surface area contributed by atoms with Crippen molar-refractivity contribution in [3.63, 3.8) is 0 Å². The van der Waals surface area contributed by atoms with Crippen LogP contribution in [0.15, 0.2) is 23.1 Å². The van der Waals surface area contributed by atoms with Crippen LogP contribution in [0.4, 0.5) is 0 Å². The second kappa shape index (κ2) is 11.7. The van der Waals surface area contributed by atoms with Gasteiger partial charge in [0.15, 0.2) is 0 Å². The van der Waals surface area contributed by atoms with Crippen LogP contribution < -0.4 is 15.8 Å². The largest absolute Gasteiger partial charge is 0.496 e. The van der Waals surface area contributed by atoms with E-state index < -0.39 is 29.8 Å². The Kier molecular flexibility index (Phi) is 10.5. The van der Waals surface area contributed by atoms with Crippen molar-refractivity contribution in [2.75, 3.05) is 13.4 Å². The van der Waals surface area contributed by atoms with Crippen LogP contribution in [-0.4, -0.2) is 53.4 Å². The van der Waals surface area contributed by atoms with Gasteiger partial charge < -0.3 is 26.0 Å². The summed E-state index contributed by atoms with van der Waals surface area (Å²) >= 11 is 1.55. The maximum Gasteiger partial charge on any atom is 0.339 e. The van der Waals surface area contributed by atoms with Gasteiger partial charge in [0.05, 0.1) is 7.11 Å². The number of benzene rings is 1. The van der Waals surface area contributed by atoms with E-state index in [0.717, 1.165) is 4.90 Å². The molecular weight excluding hydrogens is 364 g/mol. The molecule has 0 aliphatic heterocycles. The quantitative estimate of drug-likeness (QED) is 0.481. The van der Waals surface area contributed by atoms with Crippen molar-refractivity contribution in [2.24, 2.45) is 5.73 Å². The van der Waals surface area contributed by atoms with Gasteiger partial charge in [0, 0.05) is 18.2 Å². The molecule has 0 heterocycles. The lowest BCUT2D eigenvalue weighted by Crippen LogP contribution is -2.40. The normalized spacial score (nSPS) is 10.7. The highest BCUT2D eigenvalue weighted by Crippen LogP contribution is 2.25. The Labute approximate surface area is 154 Å². The number of nitrogens with two attached hydrogens (primary N) is 1. The Bertz CT molecular complexity index is 664. The lowest BCUT2D eigenvalue weighted by Gasteiger charge is -2.11. The highest BCUT2D eigenvalue weighted by atomic mass is 32.2. The van der Waals surface area contributed by atoms with Gasteiger partial charge >= 0.3 is 11.9 Å². The van der Waals surface area contributed by atoms with Crippen molar-refractivity contribution in [1.82, 2.24) is 5.32 Å². The Hall–Kier alpha value is -2.75. The highest BCUT2D eigenvalue weighted by molar-refractivity contribution is 7.98. The van der Waals surface area contributed by atoms with Crippen molar-refractivity contribution in [3.8, 4) is 5.75 Å². The van der Waals surface area contributed by atoms with E-state index in [9.17, 15) is 19.2 Å². The summed E-state index contributed by atoms with van der Waals surface area (Å²) in [4.78, 5) is 43.0. The fraction of sp³-hybridized carbons (Fsp3) is 0.375. The zero-order valence-electron chi connectivity index (χ0n) is 14.6. The molecule has 5 N–H and O–H groups in total. The summed E-state index contributed by atoms with van der Waals surface area (Å²) in [6.45, 7) is 1.21. The number of hydrogen-bond donors (Lipinski definition) is 4. The zero-order valence-corrected chi connectivity index (χ0v) is 15.5. The first-order valence-corrected chi connectivity index (χ1v) is 8.58. The molecule has 0 unspecified atom stereocenters. The molecule has 1 atom stereocenters. The predicted octanol–water partition coefficient (Wildman–Crippen LogP) is 0.957. The van der Waals surface area contributed by atoms with Gasteiger partial charge in [0.2, 0.25) is 11.8 Å². The fourth-order valence-corrected chi connectivity index (χ4v) is 2.19. The molecule has 0 aromatic heterocycles. The molecule has 144 valence electrons. The number of primary amides is 1. The van der Waals surface area contributed by atoms with Crippen molar-refractivity contribution in [1.29, 1.82) is 0 Å². The molecule has 1 aromatic rings. The molecule has 1 aromatic carbocycles. The molecule has 9 nitrogen and oxygen atoms in total. The molecule has 0 aliphatic carbocycles. The number of carbonyl (C=O) groups excluding carboxylic acids is 2. The molecule has 0 bridgehead atoms. The van der Waals surface area contributed by atoms with Gasteiger partial charge in [-0.1, -0.05) is 0 Å². The average Bonchev–Trinajstić information content (AvgIpc) is 2.57. The minimum absolute atomic E-state index is 0.0181. The maximum atomic E-state index is 10.7. The maximum absolute atomic E-state index is 10.7. The van der Waals surface area contributed by atoms with Crippen molar-refractivity contribution < 1.29 is 34.1 Å². The second-order valence-electron chi connectivity index (χ2n) is 4.97. The van der Waals surface area contributed by atoms with Gasteiger partial charge in [0.25, 0.3) is 0 Å². The van der Waals surface area contributed by atoms with Gasteiger partial charge in [-0.05, 0) is 30.9 Å². The lowest BCUT2D eigenvalue weighted by atomic mass is 10.1. The number of ether oxygens (including phenoxy) is 1. The first kappa shape index (κ1) is 23.2. The van der Waals surface area contributed by atoms with Crippen LogP contribution in [0, 0.1) is 0 Å².